The molecule has 0 amide bonds. The lowest BCUT2D eigenvalue weighted by molar-refractivity contribution is 0.689. The number of benzene rings is 1. The van der Waals surface area contributed by atoms with E-state index in [2.05, 4.69) is 27.8 Å². The van der Waals surface area contributed by atoms with Gasteiger partial charge in [0, 0.05) is 18.7 Å². The number of anilines is 1. The third-order valence-electron chi connectivity index (χ3n) is 2.62. The van der Waals surface area contributed by atoms with Crippen molar-refractivity contribution >= 4 is 5.69 Å². The number of hydrogen-bond donors (Lipinski definition) is 1. The molecule has 2 N–H and O–H groups in total. The van der Waals surface area contributed by atoms with E-state index in [1.165, 1.54) is 5.56 Å². The fourth-order valence-corrected chi connectivity index (χ4v) is 1.74. The highest BCUT2D eigenvalue weighted by atomic mass is 15.3. The first kappa shape index (κ1) is 10.7. The number of hydrogen-bond acceptors (Lipinski definition) is 3. The van der Waals surface area contributed by atoms with Crippen molar-refractivity contribution in [2.45, 2.75) is 26.3 Å². The van der Waals surface area contributed by atoms with Gasteiger partial charge in [-0.15, -0.1) is 10.2 Å². The van der Waals surface area contributed by atoms with Crippen molar-refractivity contribution in [1.82, 2.24) is 14.8 Å². The van der Waals surface area contributed by atoms with E-state index in [9.17, 15) is 0 Å². The molecular formula is C12H16N4. The Bertz CT molecular complexity index is 462. The summed E-state index contributed by atoms with van der Waals surface area (Å²) < 4.78 is 2.06. The van der Waals surface area contributed by atoms with Crippen molar-refractivity contribution in [1.29, 1.82) is 0 Å². The Balaban J connectivity index is 2.02. The Hall–Kier alpha value is -1.84. The van der Waals surface area contributed by atoms with Crippen LogP contribution in [0.25, 0.3) is 0 Å². The van der Waals surface area contributed by atoms with Gasteiger partial charge in [0.1, 0.15) is 12.2 Å². The highest BCUT2D eigenvalue weighted by Crippen LogP contribution is 2.09. The second-order valence-corrected chi connectivity index (χ2v) is 3.78. The van der Waals surface area contributed by atoms with E-state index < -0.39 is 0 Å². The van der Waals surface area contributed by atoms with Gasteiger partial charge in [0.2, 0.25) is 0 Å². The van der Waals surface area contributed by atoms with Crippen LogP contribution in [0.2, 0.25) is 0 Å². The van der Waals surface area contributed by atoms with Crippen molar-refractivity contribution in [3.05, 3.63) is 42.0 Å². The molecule has 84 valence electrons. The predicted molar refractivity (Wildman–Crippen MR) is 64.0 cm³/mol. The minimum atomic E-state index is 0.814. The molecule has 1 aromatic carbocycles. The SMILES string of the molecule is CCn1cnnc1CCc1cccc(N)c1. The van der Waals surface area contributed by atoms with E-state index in [0.29, 0.717) is 0 Å². The molecule has 1 aromatic heterocycles. The standard InChI is InChI=1S/C12H16N4/c1-2-16-9-14-15-12(16)7-6-10-4-3-5-11(13)8-10/h3-5,8-9H,2,6-7,13H2,1H3. The molecule has 2 rings (SSSR count). The average molecular weight is 216 g/mol. The molecule has 0 fully saturated rings. The molecule has 4 heteroatoms. The Morgan fingerprint density at radius 3 is 2.94 bits per heavy atom. The molecule has 0 saturated carbocycles. The normalized spacial score (nSPS) is 10.6. The van der Waals surface area contributed by atoms with Gasteiger partial charge in [-0.05, 0) is 31.0 Å². The number of nitrogens with zero attached hydrogens (tertiary/aromatic N) is 3. The summed E-state index contributed by atoms with van der Waals surface area (Å²) in [6.45, 7) is 3.01. The first-order valence-electron chi connectivity index (χ1n) is 5.50. The smallest absolute Gasteiger partial charge is 0.133 e. The van der Waals surface area contributed by atoms with Crippen molar-refractivity contribution in [3.8, 4) is 0 Å². The molecule has 0 saturated heterocycles. The van der Waals surface area contributed by atoms with Crippen molar-refractivity contribution in [2.75, 3.05) is 5.73 Å². The first-order valence-corrected chi connectivity index (χ1v) is 5.50. The Labute approximate surface area is 95.1 Å². The van der Waals surface area contributed by atoms with Gasteiger partial charge in [-0.2, -0.15) is 0 Å². The monoisotopic (exact) mass is 216 g/mol. The van der Waals surface area contributed by atoms with Gasteiger partial charge in [0.25, 0.3) is 0 Å². The van der Waals surface area contributed by atoms with Gasteiger partial charge in [0.15, 0.2) is 0 Å². The number of rotatable bonds is 4. The maximum atomic E-state index is 5.73. The zero-order chi connectivity index (χ0) is 11.4. The largest absolute Gasteiger partial charge is 0.399 e. The number of aromatic nitrogens is 3. The fraction of sp³-hybridized carbons (Fsp3) is 0.333. The van der Waals surface area contributed by atoms with Gasteiger partial charge in [-0.3, -0.25) is 0 Å². The quantitative estimate of drug-likeness (QED) is 0.791. The average Bonchev–Trinajstić information content (AvgIpc) is 2.74. The molecule has 0 radical (unpaired) electrons. The van der Waals surface area contributed by atoms with Crippen LogP contribution in [-0.2, 0) is 19.4 Å². The second-order valence-electron chi connectivity index (χ2n) is 3.78. The van der Waals surface area contributed by atoms with E-state index >= 15 is 0 Å². The molecule has 0 bridgehead atoms. The highest BCUT2D eigenvalue weighted by Gasteiger charge is 2.03. The molecule has 0 unspecified atom stereocenters. The van der Waals surface area contributed by atoms with E-state index in [0.717, 1.165) is 30.9 Å². The Morgan fingerprint density at radius 1 is 1.31 bits per heavy atom. The fourth-order valence-electron chi connectivity index (χ4n) is 1.74. The summed E-state index contributed by atoms with van der Waals surface area (Å²) in [6, 6.07) is 7.98. The lowest BCUT2D eigenvalue weighted by atomic mass is 10.1. The second kappa shape index (κ2) is 4.79. The first-order chi connectivity index (χ1) is 7.79. The molecule has 0 atom stereocenters. The van der Waals surface area contributed by atoms with Gasteiger partial charge >= 0.3 is 0 Å². The number of aryl methyl sites for hydroxylation is 3. The van der Waals surface area contributed by atoms with Gasteiger partial charge in [-0.1, -0.05) is 12.1 Å². The predicted octanol–water partition coefficient (Wildman–Crippen LogP) is 1.67. The molecule has 0 aliphatic carbocycles. The molecule has 2 aromatic rings. The van der Waals surface area contributed by atoms with Gasteiger partial charge < -0.3 is 10.3 Å². The third-order valence-corrected chi connectivity index (χ3v) is 2.62. The van der Waals surface area contributed by atoms with Gasteiger partial charge in [0.05, 0.1) is 0 Å². The molecule has 16 heavy (non-hydrogen) atoms. The van der Waals surface area contributed by atoms with Crippen LogP contribution in [0.4, 0.5) is 5.69 Å². The summed E-state index contributed by atoms with van der Waals surface area (Å²) in [5.41, 5.74) is 7.79. The maximum absolute atomic E-state index is 5.73. The van der Waals surface area contributed by atoms with Crippen LogP contribution < -0.4 is 5.73 Å². The van der Waals surface area contributed by atoms with Crippen LogP contribution in [0, 0.1) is 0 Å². The summed E-state index contributed by atoms with van der Waals surface area (Å²) in [5.74, 6) is 1.03. The summed E-state index contributed by atoms with van der Waals surface area (Å²) in [5, 5.41) is 8.02. The van der Waals surface area contributed by atoms with E-state index in [1.54, 1.807) is 6.33 Å². The summed E-state index contributed by atoms with van der Waals surface area (Å²) in [4.78, 5) is 0. The van der Waals surface area contributed by atoms with E-state index in [1.807, 2.05) is 18.2 Å². The zero-order valence-electron chi connectivity index (χ0n) is 9.43. The van der Waals surface area contributed by atoms with Crippen LogP contribution >= 0.6 is 0 Å². The van der Waals surface area contributed by atoms with Crippen LogP contribution in [0.5, 0.6) is 0 Å². The molecule has 4 nitrogen and oxygen atoms in total. The number of nitrogen functional groups attached to an aromatic ring is 1. The summed E-state index contributed by atoms with van der Waals surface area (Å²) in [6.07, 6.45) is 3.62. The maximum Gasteiger partial charge on any atom is 0.133 e. The molecule has 0 aliphatic rings. The lowest BCUT2D eigenvalue weighted by Gasteiger charge is -2.04. The van der Waals surface area contributed by atoms with Crippen LogP contribution in [0.1, 0.15) is 18.3 Å². The minimum Gasteiger partial charge on any atom is -0.399 e. The van der Waals surface area contributed by atoms with Crippen molar-refractivity contribution in [3.63, 3.8) is 0 Å². The van der Waals surface area contributed by atoms with E-state index in [-0.39, 0.29) is 0 Å². The van der Waals surface area contributed by atoms with Crippen LogP contribution in [-0.4, -0.2) is 14.8 Å². The number of nitrogens with two attached hydrogens (primary N) is 1. The lowest BCUT2D eigenvalue weighted by Crippen LogP contribution is -2.03. The van der Waals surface area contributed by atoms with E-state index in [4.69, 9.17) is 5.73 Å². The molecule has 0 aliphatic heterocycles. The third kappa shape index (κ3) is 2.39. The van der Waals surface area contributed by atoms with Crippen molar-refractivity contribution in [2.24, 2.45) is 0 Å². The van der Waals surface area contributed by atoms with Crippen molar-refractivity contribution < 1.29 is 0 Å². The Morgan fingerprint density at radius 2 is 2.19 bits per heavy atom. The molecular weight excluding hydrogens is 200 g/mol. The van der Waals surface area contributed by atoms with Crippen LogP contribution in [0.15, 0.2) is 30.6 Å². The molecule has 0 spiro atoms. The van der Waals surface area contributed by atoms with Gasteiger partial charge in [-0.25, -0.2) is 0 Å². The zero-order valence-corrected chi connectivity index (χ0v) is 9.43. The highest BCUT2D eigenvalue weighted by molar-refractivity contribution is 5.40. The summed E-state index contributed by atoms with van der Waals surface area (Å²) in [7, 11) is 0. The van der Waals surface area contributed by atoms with Crippen LogP contribution in [0.3, 0.4) is 0 Å². The minimum absolute atomic E-state index is 0.814. The molecule has 1 heterocycles. The Kier molecular flexibility index (Phi) is 3.19. The summed E-state index contributed by atoms with van der Waals surface area (Å²) >= 11 is 0. The topological polar surface area (TPSA) is 56.7 Å².